The average Bonchev–Trinajstić information content (AvgIpc) is 3.26. The zero-order chi connectivity index (χ0) is 45.2. The first kappa shape index (κ1) is 59.0. The van der Waals surface area contributed by atoms with Gasteiger partial charge in [-0.25, -0.2) is 0 Å². The molecule has 0 aliphatic carbocycles. The van der Waals surface area contributed by atoms with Gasteiger partial charge in [0.15, 0.2) is 0 Å². The number of rotatable bonds is 45. The molecule has 0 saturated carbocycles. The number of esters is 1. The summed E-state index contributed by atoms with van der Waals surface area (Å²) in [5.41, 5.74) is 0. The summed E-state index contributed by atoms with van der Waals surface area (Å²) in [7, 11) is 0. The first-order valence-corrected chi connectivity index (χ1v) is 25.9. The molecule has 356 valence electrons. The number of hydrogen-bond acceptors (Lipinski definition) is 5. The predicted octanol–water partition coefficient (Wildman–Crippen LogP) is 15.6. The number of nitrogens with one attached hydrogen (secondary N) is 1. The number of carbonyl (C=O) groups is 2. The van der Waals surface area contributed by atoms with E-state index in [-0.39, 0.29) is 24.9 Å². The molecule has 1 amide bonds. The summed E-state index contributed by atoms with van der Waals surface area (Å²) in [6, 6.07) is -0.723. The van der Waals surface area contributed by atoms with E-state index in [4.69, 9.17) is 4.74 Å². The number of allylic oxidation sites excluding steroid dienone is 14. The SMILES string of the molecule is CC/C=C/C=C/C=C\CCCCCCCC(=O)OC(CCCCC/C=C/C=C/C=C/C=C/CCCCC)CC(=O)NC(CO)C(O)CCCCCCCCCCCCCCCC. The van der Waals surface area contributed by atoms with Gasteiger partial charge in [-0.3, -0.25) is 9.59 Å². The number of hydrogen-bond donors (Lipinski definition) is 3. The molecule has 0 rings (SSSR count). The van der Waals surface area contributed by atoms with Crippen molar-refractivity contribution in [1.82, 2.24) is 5.32 Å². The molecule has 0 saturated heterocycles. The van der Waals surface area contributed by atoms with Crippen molar-refractivity contribution in [3.8, 4) is 0 Å². The Morgan fingerprint density at radius 2 is 0.871 bits per heavy atom. The van der Waals surface area contributed by atoms with Crippen LogP contribution in [0.25, 0.3) is 0 Å². The van der Waals surface area contributed by atoms with Crippen molar-refractivity contribution >= 4 is 11.9 Å². The van der Waals surface area contributed by atoms with Gasteiger partial charge in [0.05, 0.1) is 25.2 Å². The van der Waals surface area contributed by atoms with E-state index in [9.17, 15) is 19.8 Å². The second-order valence-electron chi connectivity index (χ2n) is 17.3. The maximum absolute atomic E-state index is 13.2. The van der Waals surface area contributed by atoms with Gasteiger partial charge in [0.1, 0.15) is 6.10 Å². The Balaban J connectivity index is 4.71. The van der Waals surface area contributed by atoms with Crippen LogP contribution >= 0.6 is 0 Å². The molecule has 0 radical (unpaired) electrons. The number of aliphatic hydroxyl groups excluding tert-OH is 2. The van der Waals surface area contributed by atoms with Crippen LogP contribution in [0.5, 0.6) is 0 Å². The summed E-state index contributed by atoms with van der Waals surface area (Å²) >= 11 is 0. The van der Waals surface area contributed by atoms with Gasteiger partial charge in [0, 0.05) is 6.42 Å². The quantitative estimate of drug-likeness (QED) is 0.0322. The van der Waals surface area contributed by atoms with E-state index < -0.39 is 18.2 Å². The Kier molecular flexibility index (Phi) is 46.7. The van der Waals surface area contributed by atoms with E-state index in [0.29, 0.717) is 19.3 Å². The topological polar surface area (TPSA) is 95.9 Å². The molecule has 0 aromatic heterocycles. The van der Waals surface area contributed by atoms with Crippen LogP contribution in [0.15, 0.2) is 85.1 Å². The molecule has 62 heavy (non-hydrogen) atoms. The minimum Gasteiger partial charge on any atom is -0.462 e. The Morgan fingerprint density at radius 1 is 0.484 bits per heavy atom. The van der Waals surface area contributed by atoms with Gasteiger partial charge in [-0.1, -0.05) is 234 Å². The van der Waals surface area contributed by atoms with Crippen molar-refractivity contribution in [3.63, 3.8) is 0 Å². The molecular formula is C56H97NO5. The molecule has 0 bridgehead atoms. The zero-order valence-electron chi connectivity index (χ0n) is 40.5. The lowest BCUT2D eigenvalue weighted by Gasteiger charge is -2.24. The number of ether oxygens (including phenoxy) is 1. The van der Waals surface area contributed by atoms with E-state index in [0.717, 1.165) is 96.3 Å². The molecular weight excluding hydrogens is 767 g/mol. The highest BCUT2D eigenvalue weighted by Gasteiger charge is 2.24. The Labute approximate surface area is 383 Å². The van der Waals surface area contributed by atoms with Crippen molar-refractivity contribution < 1.29 is 24.5 Å². The van der Waals surface area contributed by atoms with Crippen molar-refractivity contribution in [3.05, 3.63) is 85.1 Å². The second kappa shape index (κ2) is 49.1. The third-order valence-electron chi connectivity index (χ3n) is 11.4. The summed E-state index contributed by atoms with van der Waals surface area (Å²) in [4.78, 5) is 26.1. The molecule has 0 heterocycles. The monoisotopic (exact) mass is 864 g/mol. The van der Waals surface area contributed by atoms with Crippen molar-refractivity contribution in [2.24, 2.45) is 0 Å². The number of aliphatic hydroxyl groups is 2. The van der Waals surface area contributed by atoms with E-state index in [1.165, 1.54) is 89.9 Å². The number of amides is 1. The molecule has 6 heteroatoms. The number of carbonyl (C=O) groups excluding carboxylic acids is 2. The van der Waals surface area contributed by atoms with Crippen LogP contribution in [-0.2, 0) is 14.3 Å². The molecule has 0 aromatic rings. The normalized spacial score (nSPS) is 14.0. The fourth-order valence-electron chi connectivity index (χ4n) is 7.44. The van der Waals surface area contributed by atoms with Gasteiger partial charge in [0.25, 0.3) is 0 Å². The summed E-state index contributed by atoms with van der Waals surface area (Å²) in [6.45, 7) is 6.29. The van der Waals surface area contributed by atoms with Crippen LogP contribution in [0.2, 0.25) is 0 Å². The lowest BCUT2D eigenvalue weighted by atomic mass is 10.0. The van der Waals surface area contributed by atoms with Crippen LogP contribution in [0.4, 0.5) is 0 Å². The van der Waals surface area contributed by atoms with Crippen LogP contribution < -0.4 is 5.32 Å². The van der Waals surface area contributed by atoms with Gasteiger partial charge >= 0.3 is 5.97 Å². The van der Waals surface area contributed by atoms with E-state index in [2.05, 4.69) is 105 Å². The fourth-order valence-corrected chi connectivity index (χ4v) is 7.44. The van der Waals surface area contributed by atoms with Crippen molar-refractivity contribution in [1.29, 1.82) is 0 Å². The molecule has 3 N–H and O–H groups in total. The number of unbranched alkanes of at least 4 members (excludes halogenated alkanes) is 24. The van der Waals surface area contributed by atoms with Gasteiger partial charge in [-0.2, -0.15) is 0 Å². The van der Waals surface area contributed by atoms with Crippen molar-refractivity contribution in [2.45, 2.75) is 251 Å². The molecule has 0 aliphatic heterocycles. The molecule has 0 fully saturated rings. The van der Waals surface area contributed by atoms with Gasteiger partial charge in [-0.15, -0.1) is 0 Å². The lowest BCUT2D eigenvalue weighted by Crippen LogP contribution is -2.46. The standard InChI is InChI=1S/C56H97NO5/c1-4-7-10-13-16-19-22-25-27-28-30-32-35-38-41-44-47-52(62-56(61)49-46-43-40-37-34-29-24-21-18-15-12-9-6-3)50-55(60)57-53(51-58)54(59)48-45-42-39-36-33-31-26-23-20-17-14-11-8-5-2/h9,12,15-16,18-19,21-22,24-25,27-28,30,32,52-54,58-59H,4-8,10-11,13-14,17,20,23,26,29,31,33-51H2,1-3H3,(H,57,60)/b12-9+,18-15+,19-16+,24-21-,25-22+,28-27+,32-30+. The molecule has 0 aromatic carbocycles. The summed E-state index contributed by atoms with van der Waals surface area (Å²) in [5, 5.41) is 23.8. The summed E-state index contributed by atoms with van der Waals surface area (Å²) in [6.07, 6.45) is 63.5. The molecule has 0 aliphatic rings. The molecule has 3 atom stereocenters. The smallest absolute Gasteiger partial charge is 0.306 e. The van der Waals surface area contributed by atoms with E-state index in [1.807, 2.05) is 6.08 Å². The first-order chi connectivity index (χ1) is 30.5. The fraction of sp³-hybridized carbons (Fsp3) is 0.714. The Bertz CT molecular complexity index is 1200. The minimum absolute atomic E-state index is 0.0392. The van der Waals surface area contributed by atoms with Crippen molar-refractivity contribution in [2.75, 3.05) is 6.61 Å². The second-order valence-corrected chi connectivity index (χ2v) is 17.3. The van der Waals surface area contributed by atoms with Gasteiger partial charge in [-0.05, 0) is 70.6 Å². The van der Waals surface area contributed by atoms with Gasteiger partial charge < -0.3 is 20.3 Å². The lowest BCUT2D eigenvalue weighted by molar-refractivity contribution is -0.151. The maximum Gasteiger partial charge on any atom is 0.306 e. The third kappa shape index (κ3) is 43.7. The minimum atomic E-state index is -0.806. The van der Waals surface area contributed by atoms with Crippen LogP contribution in [-0.4, -0.2) is 46.9 Å². The van der Waals surface area contributed by atoms with Crippen LogP contribution in [0.1, 0.15) is 233 Å². The maximum atomic E-state index is 13.2. The molecule has 3 unspecified atom stereocenters. The highest BCUT2D eigenvalue weighted by atomic mass is 16.5. The molecule has 0 spiro atoms. The van der Waals surface area contributed by atoms with Crippen LogP contribution in [0.3, 0.4) is 0 Å². The Hall–Kier alpha value is -2.96. The summed E-state index contributed by atoms with van der Waals surface area (Å²) < 4.78 is 5.91. The van der Waals surface area contributed by atoms with Gasteiger partial charge in [0.2, 0.25) is 5.91 Å². The predicted molar refractivity (Wildman–Crippen MR) is 268 cm³/mol. The zero-order valence-corrected chi connectivity index (χ0v) is 40.5. The first-order valence-electron chi connectivity index (χ1n) is 25.9. The van der Waals surface area contributed by atoms with Crippen LogP contribution in [0, 0.1) is 0 Å². The summed E-state index contributed by atoms with van der Waals surface area (Å²) in [5.74, 6) is -0.540. The highest BCUT2D eigenvalue weighted by molar-refractivity contribution is 5.77. The van der Waals surface area contributed by atoms with E-state index >= 15 is 0 Å². The molecule has 6 nitrogen and oxygen atoms in total. The largest absolute Gasteiger partial charge is 0.462 e. The highest BCUT2D eigenvalue weighted by Crippen LogP contribution is 2.17. The van der Waals surface area contributed by atoms with E-state index in [1.54, 1.807) is 0 Å². The average molecular weight is 864 g/mol. The third-order valence-corrected chi connectivity index (χ3v) is 11.4. The Morgan fingerprint density at radius 3 is 1.37 bits per heavy atom.